The van der Waals surface area contributed by atoms with Crippen LogP contribution in [0.1, 0.15) is 49.7 Å². The summed E-state index contributed by atoms with van der Waals surface area (Å²) in [5.41, 5.74) is 8.30. The van der Waals surface area contributed by atoms with Crippen molar-refractivity contribution in [1.82, 2.24) is 0 Å². The van der Waals surface area contributed by atoms with E-state index in [0.29, 0.717) is 4.99 Å². The van der Waals surface area contributed by atoms with Gasteiger partial charge in [-0.05, 0) is 31.4 Å². The van der Waals surface area contributed by atoms with Crippen molar-refractivity contribution in [2.24, 2.45) is 11.7 Å². The van der Waals surface area contributed by atoms with E-state index in [9.17, 15) is 4.79 Å². The highest BCUT2D eigenvalue weighted by Crippen LogP contribution is 2.26. The van der Waals surface area contributed by atoms with Crippen LogP contribution in [0.5, 0.6) is 0 Å². The molecule has 1 saturated carbocycles. The second-order valence-corrected chi connectivity index (χ2v) is 5.98. The number of hydrogen-bond acceptors (Lipinski definition) is 2. The fourth-order valence-corrected chi connectivity index (χ4v) is 3.15. The number of nitrogens with one attached hydrogen (secondary N) is 1. The van der Waals surface area contributed by atoms with Crippen molar-refractivity contribution >= 4 is 28.8 Å². The number of anilines is 1. The van der Waals surface area contributed by atoms with Crippen LogP contribution in [0.3, 0.4) is 0 Å². The lowest BCUT2D eigenvalue weighted by molar-refractivity contribution is -0.120. The standard InChI is InChI=1S/C16H22N2OS/c1-11-7-6-10-13(14(11)15(17)20)18-16(19)12-8-4-2-3-5-9-12/h6-7,10,12H,2-5,8-9H2,1H3,(H2,17,20)(H,18,19). The molecule has 108 valence electrons. The van der Waals surface area contributed by atoms with Gasteiger partial charge in [-0.1, -0.05) is 50.0 Å². The van der Waals surface area contributed by atoms with E-state index in [1.54, 1.807) is 0 Å². The molecule has 1 aliphatic carbocycles. The highest BCUT2D eigenvalue weighted by atomic mass is 32.1. The maximum absolute atomic E-state index is 12.4. The molecule has 0 heterocycles. The summed E-state index contributed by atoms with van der Waals surface area (Å²) < 4.78 is 0. The molecule has 0 aromatic heterocycles. The Morgan fingerprint density at radius 1 is 1.25 bits per heavy atom. The summed E-state index contributed by atoms with van der Waals surface area (Å²) in [7, 11) is 0. The highest BCUT2D eigenvalue weighted by Gasteiger charge is 2.21. The quantitative estimate of drug-likeness (QED) is 0.661. The van der Waals surface area contributed by atoms with E-state index < -0.39 is 0 Å². The lowest BCUT2D eigenvalue weighted by Crippen LogP contribution is -2.24. The third-order valence-corrected chi connectivity index (χ3v) is 4.21. The molecule has 0 aliphatic heterocycles. The van der Waals surface area contributed by atoms with Crippen molar-refractivity contribution in [1.29, 1.82) is 0 Å². The SMILES string of the molecule is Cc1cccc(NC(=O)C2CCCCCC2)c1C(N)=S. The molecule has 0 radical (unpaired) electrons. The van der Waals surface area contributed by atoms with Gasteiger partial charge in [0.15, 0.2) is 0 Å². The third-order valence-electron chi connectivity index (χ3n) is 4.00. The molecular weight excluding hydrogens is 268 g/mol. The second kappa shape index (κ2) is 6.84. The number of hydrogen-bond donors (Lipinski definition) is 2. The Balaban J connectivity index is 2.15. The molecule has 1 amide bonds. The van der Waals surface area contributed by atoms with Gasteiger partial charge in [0.1, 0.15) is 4.99 Å². The number of carbonyl (C=O) groups excluding carboxylic acids is 1. The monoisotopic (exact) mass is 290 g/mol. The average Bonchev–Trinajstić information content (AvgIpc) is 2.67. The van der Waals surface area contributed by atoms with Gasteiger partial charge in [-0.15, -0.1) is 0 Å². The van der Waals surface area contributed by atoms with Crippen molar-refractivity contribution < 1.29 is 4.79 Å². The van der Waals surface area contributed by atoms with Crippen LogP contribution in [-0.2, 0) is 4.79 Å². The lowest BCUT2D eigenvalue weighted by atomic mass is 9.98. The molecule has 4 heteroatoms. The number of rotatable bonds is 3. The van der Waals surface area contributed by atoms with Crippen molar-refractivity contribution in [2.75, 3.05) is 5.32 Å². The van der Waals surface area contributed by atoms with Crippen LogP contribution >= 0.6 is 12.2 Å². The van der Waals surface area contributed by atoms with E-state index >= 15 is 0 Å². The first kappa shape index (κ1) is 15.0. The zero-order valence-electron chi connectivity index (χ0n) is 11.9. The number of thiocarbonyl (C=S) groups is 1. The summed E-state index contributed by atoms with van der Waals surface area (Å²) >= 11 is 5.09. The number of carbonyl (C=O) groups is 1. The van der Waals surface area contributed by atoms with Gasteiger partial charge in [0, 0.05) is 11.5 Å². The molecule has 3 nitrogen and oxygen atoms in total. The van der Waals surface area contributed by atoms with E-state index in [-0.39, 0.29) is 11.8 Å². The molecule has 3 N–H and O–H groups in total. The molecule has 0 spiro atoms. The summed E-state index contributed by atoms with van der Waals surface area (Å²) in [4.78, 5) is 12.7. The van der Waals surface area contributed by atoms with E-state index in [4.69, 9.17) is 18.0 Å². The van der Waals surface area contributed by atoms with E-state index in [0.717, 1.165) is 42.5 Å². The summed E-state index contributed by atoms with van der Waals surface area (Å²) in [6.45, 7) is 1.95. The van der Waals surface area contributed by atoms with Crippen LogP contribution in [0.2, 0.25) is 0 Å². The van der Waals surface area contributed by atoms with Gasteiger partial charge in [-0.3, -0.25) is 4.79 Å². The van der Waals surface area contributed by atoms with Crippen LogP contribution in [-0.4, -0.2) is 10.9 Å². The molecule has 1 aliphatic rings. The van der Waals surface area contributed by atoms with Crippen LogP contribution < -0.4 is 11.1 Å². The maximum Gasteiger partial charge on any atom is 0.227 e. The van der Waals surface area contributed by atoms with E-state index in [1.165, 1.54) is 12.8 Å². The number of aryl methyl sites for hydroxylation is 1. The second-order valence-electron chi connectivity index (χ2n) is 5.54. The Morgan fingerprint density at radius 3 is 2.50 bits per heavy atom. The van der Waals surface area contributed by atoms with Gasteiger partial charge in [0.2, 0.25) is 5.91 Å². The van der Waals surface area contributed by atoms with Gasteiger partial charge >= 0.3 is 0 Å². The molecule has 20 heavy (non-hydrogen) atoms. The normalized spacial score (nSPS) is 16.4. The van der Waals surface area contributed by atoms with Crippen molar-refractivity contribution in [2.45, 2.75) is 45.4 Å². The molecule has 2 rings (SSSR count). The number of nitrogens with two attached hydrogens (primary N) is 1. The first-order valence-electron chi connectivity index (χ1n) is 7.30. The Morgan fingerprint density at radius 2 is 1.90 bits per heavy atom. The summed E-state index contributed by atoms with van der Waals surface area (Å²) in [5.74, 6) is 0.229. The predicted molar refractivity (Wildman–Crippen MR) is 86.9 cm³/mol. The predicted octanol–water partition coefficient (Wildman–Crippen LogP) is 3.54. The van der Waals surface area contributed by atoms with Crippen molar-refractivity contribution in [3.05, 3.63) is 29.3 Å². The summed E-state index contributed by atoms with van der Waals surface area (Å²) in [5, 5.41) is 3.02. The Kier molecular flexibility index (Phi) is 5.12. The van der Waals surface area contributed by atoms with Gasteiger partial charge in [0.25, 0.3) is 0 Å². The van der Waals surface area contributed by atoms with E-state index in [2.05, 4.69) is 5.32 Å². The summed E-state index contributed by atoms with van der Waals surface area (Å²) in [6, 6.07) is 5.74. The number of benzene rings is 1. The smallest absolute Gasteiger partial charge is 0.227 e. The minimum Gasteiger partial charge on any atom is -0.389 e. The Bertz CT molecular complexity index is 505. The molecule has 1 aromatic carbocycles. The van der Waals surface area contributed by atoms with Crippen LogP contribution in [0.4, 0.5) is 5.69 Å². The molecule has 0 saturated heterocycles. The largest absolute Gasteiger partial charge is 0.389 e. The zero-order valence-corrected chi connectivity index (χ0v) is 12.8. The van der Waals surface area contributed by atoms with Gasteiger partial charge in [-0.25, -0.2) is 0 Å². The topological polar surface area (TPSA) is 55.1 Å². The fraction of sp³-hybridized carbons (Fsp3) is 0.500. The average molecular weight is 290 g/mol. The third kappa shape index (κ3) is 3.57. The zero-order chi connectivity index (χ0) is 14.5. The molecular formula is C16H22N2OS. The first-order chi connectivity index (χ1) is 9.59. The molecule has 0 bridgehead atoms. The van der Waals surface area contributed by atoms with Crippen LogP contribution in [0.15, 0.2) is 18.2 Å². The van der Waals surface area contributed by atoms with Crippen molar-refractivity contribution in [3.8, 4) is 0 Å². The van der Waals surface area contributed by atoms with Gasteiger partial charge < -0.3 is 11.1 Å². The fourth-order valence-electron chi connectivity index (χ4n) is 2.88. The van der Waals surface area contributed by atoms with Gasteiger partial charge in [-0.2, -0.15) is 0 Å². The van der Waals surface area contributed by atoms with Crippen LogP contribution in [0, 0.1) is 12.8 Å². The minimum absolute atomic E-state index is 0.106. The first-order valence-corrected chi connectivity index (χ1v) is 7.70. The van der Waals surface area contributed by atoms with Crippen molar-refractivity contribution in [3.63, 3.8) is 0 Å². The minimum atomic E-state index is 0.106. The highest BCUT2D eigenvalue weighted by molar-refractivity contribution is 7.80. The lowest BCUT2D eigenvalue weighted by Gasteiger charge is -2.17. The maximum atomic E-state index is 12.4. The molecule has 1 aromatic rings. The van der Waals surface area contributed by atoms with Crippen LogP contribution in [0.25, 0.3) is 0 Å². The Hall–Kier alpha value is -1.42. The number of amides is 1. The molecule has 1 fully saturated rings. The Labute approximate surface area is 125 Å². The summed E-state index contributed by atoms with van der Waals surface area (Å²) in [6.07, 6.45) is 6.75. The molecule has 0 atom stereocenters. The van der Waals surface area contributed by atoms with E-state index in [1.807, 2.05) is 25.1 Å². The van der Waals surface area contributed by atoms with Gasteiger partial charge in [0.05, 0.1) is 5.69 Å². The molecule has 0 unspecified atom stereocenters.